The third-order valence-corrected chi connectivity index (χ3v) is 2.54. The van der Waals surface area contributed by atoms with Crippen molar-refractivity contribution < 1.29 is 0 Å². The minimum Gasteiger partial charge on any atom is -0.326 e. The summed E-state index contributed by atoms with van der Waals surface area (Å²) in [6.07, 6.45) is 0. The number of rotatable bonds is 2. The predicted octanol–water partition coefficient (Wildman–Crippen LogP) is -0.866. The lowest BCUT2D eigenvalue weighted by molar-refractivity contribution is 0.980. The lowest BCUT2D eigenvalue weighted by atomic mass is 10.0. The number of H-pyrrole nitrogens is 2. The molecule has 6 heteroatoms. The fraction of sp³-hybridized carbons (Fsp3) is 0.200. The summed E-state index contributed by atoms with van der Waals surface area (Å²) in [6.45, 7) is 0.514. The van der Waals surface area contributed by atoms with E-state index in [2.05, 4.69) is 9.97 Å². The van der Waals surface area contributed by atoms with E-state index in [0.29, 0.717) is 23.0 Å². The molecule has 0 aliphatic rings. The Kier molecular flexibility index (Phi) is 2.59. The average Bonchev–Trinajstić information content (AvgIpc) is 2.27. The second-order valence-electron chi connectivity index (χ2n) is 3.44. The van der Waals surface area contributed by atoms with E-state index in [4.69, 9.17) is 11.5 Å². The van der Waals surface area contributed by atoms with Crippen LogP contribution in [0.15, 0.2) is 21.7 Å². The van der Waals surface area contributed by atoms with Gasteiger partial charge in [-0.05, 0) is 17.2 Å². The van der Waals surface area contributed by atoms with Crippen LogP contribution in [0.2, 0.25) is 0 Å². The highest BCUT2D eigenvalue weighted by atomic mass is 16.2. The van der Waals surface area contributed by atoms with Gasteiger partial charge in [0.25, 0.3) is 5.56 Å². The second kappa shape index (κ2) is 3.92. The van der Waals surface area contributed by atoms with Gasteiger partial charge in [0, 0.05) is 13.1 Å². The van der Waals surface area contributed by atoms with Crippen LogP contribution in [-0.4, -0.2) is 9.97 Å². The van der Waals surface area contributed by atoms with Gasteiger partial charge in [0.1, 0.15) is 0 Å². The summed E-state index contributed by atoms with van der Waals surface area (Å²) < 4.78 is 0. The first-order chi connectivity index (χ1) is 7.67. The summed E-state index contributed by atoms with van der Waals surface area (Å²) in [6, 6.07) is 3.42. The van der Waals surface area contributed by atoms with E-state index in [1.54, 1.807) is 12.1 Å². The van der Waals surface area contributed by atoms with E-state index < -0.39 is 11.2 Å². The number of hydrogen-bond donors (Lipinski definition) is 4. The van der Waals surface area contributed by atoms with Gasteiger partial charge in [0.2, 0.25) is 0 Å². The summed E-state index contributed by atoms with van der Waals surface area (Å²) in [7, 11) is 0. The molecular formula is C10H12N4O2. The smallest absolute Gasteiger partial charge is 0.326 e. The molecule has 0 amide bonds. The molecule has 0 radical (unpaired) electrons. The second-order valence-corrected chi connectivity index (χ2v) is 3.44. The van der Waals surface area contributed by atoms with Crippen LogP contribution >= 0.6 is 0 Å². The van der Waals surface area contributed by atoms with Crippen LogP contribution in [0.4, 0.5) is 0 Å². The molecule has 0 saturated heterocycles. The van der Waals surface area contributed by atoms with Gasteiger partial charge in [0.05, 0.1) is 10.9 Å². The van der Waals surface area contributed by atoms with Crippen LogP contribution in [0.3, 0.4) is 0 Å². The third kappa shape index (κ3) is 1.54. The zero-order valence-corrected chi connectivity index (χ0v) is 8.54. The molecule has 0 unspecified atom stereocenters. The molecular weight excluding hydrogens is 208 g/mol. The number of nitrogens with one attached hydrogen (secondary N) is 2. The van der Waals surface area contributed by atoms with Gasteiger partial charge in [-0.25, -0.2) is 4.79 Å². The van der Waals surface area contributed by atoms with Crippen molar-refractivity contribution in [1.82, 2.24) is 9.97 Å². The van der Waals surface area contributed by atoms with E-state index in [9.17, 15) is 9.59 Å². The molecule has 0 aliphatic carbocycles. The van der Waals surface area contributed by atoms with Gasteiger partial charge < -0.3 is 16.5 Å². The van der Waals surface area contributed by atoms with E-state index in [1.165, 1.54) is 0 Å². The third-order valence-electron chi connectivity index (χ3n) is 2.54. The molecule has 0 atom stereocenters. The molecule has 0 spiro atoms. The fourth-order valence-corrected chi connectivity index (χ4v) is 1.80. The van der Waals surface area contributed by atoms with Crippen LogP contribution in [-0.2, 0) is 13.1 Å². The molecule has 1 aromatic carbocycles. The summed E-state index contributed by atoms with van der Waals surface area (Å²) in [4.78, 5) is 27.5. The molecule has 2 rings (SSSR count). The maximum absolute atomic E-state index is 11.7. The van der Waals surface area contributed by atoms with Crippen molar-refractivity contribution in [2.75, 3.05) is 0 Å². The summed E-state index contributed by atoms with van der Waals surface area (Å²) >= 11 is 0. The molecule has 2 aromatic rings. The largest absolute Gasteiger partial charge is 0.326 e. The number of hydrogen-bond acceptors (Lipinski definition) is 4. The molecule has 0 aliphatic heterocycles. The van der Waals surface area contributed by atoms with Crippen molar-refractivity contribution in [2.45, 2.75) is 13.1 Å². The van der Waals surface area contributed by atoms with Crippen molar-refractivity contribution in [3.63, 3.8) is 0 Å². The van der Waals surface area contributed by atoms with Crippen LogP contribution in [0.5, 0.6) is 0 Å². The van der Waals surface area contributed by atoms with Crippen molar-refractivity contribution >= 4 is 10.9 Å². The molecule has 6 nitrogen and oxygen atoms in total. The van der Waals surface area contributed by atoms with Crippen molar-refractivity contribution in [3.05, 3.63) is 44.1 Å². The number of nitrogens with two attached hydrogens (primary N) is 2. The number of aromatic amines is 2. The van der Waals surface area contributed by atoms with Crippen molar-refractivity contribution in [2.24, 2.45) is 11.5 Å². The summed E-state index contributed by atoms with van der Waals surface area (Å²) in [5.41, 5.74) is 12.2. The molecule has 0 bridgehead atoms. The van der Waals surface area contributed by atoms with Crippen LogP contribution in [0.25, 0.3) is 10.9 Å². The van der Waals surface area contributed by atoms with Crippen LogP contribution < -0.4 is 22.7 Å². The quantitative estimate of drug-likeness (QED) is 0.526. The number of benzene rings is 1. The van der Waals surface area contributed by atoms with Gasteiger partial charge in [-0.1, -0.05) is 6.07 Å². The van der Waals surface area contributed by atoms with Gasteiger partial charge in [-0.15, -0.1) is 0 Å². The Morgan fingerprint density at radius 2 is 1.81 bits per heavy atom. The minimum absolute atomic E-state index is 0.207. The number of aromatic nitrogens is 2. The zero-order valence-electron chi connectivity index (χ0n) is 8.54. The van der Waals surface area contributed by atoms with E-state index in [1.807, 2.05) is 0 Å². The Morgan fingerprint density at radius 1 is 1.06 bits per heavy atom. The van der Waals surface area contributed by atoms with Gasteiger partial charge in [-0.3, -0.25) is 9.78 Å². The Labute approximate surface area is 90.3 Å². The molecule has 1 aromatic heterocycles. The SMILES string of the molecule is NCc1ccc2[nH]c(=O)[nH]c(=O)c2c1CN. The first kappa shape index (κ1) is 10.6. The summed E-state index contributed by atoms with van der Waals surface area (Å²) in [5, 5.41) is 0.407. The van der Waals surface area contributed by atoms with E-state index in [-0.39, 0.29) is 6.54 Å². The first-order valence-corrected chi connectivity index (χ1v) is 4.84. The normalized spacial score (nSPS) is 10.9. The monoisotopic (exact) mass is 220 g/mol. The highest BCUT2D eigenvalue weighted by molar-refractivity contribution is 5.82. The maximum Gasteiger partial charge on any atom is 0.326 e. The van der Waals surface area contributed by atoms with Crippen LogP contribution in [0, 0.1) is 0 Å². The van der Waals surface area contributed by atoms with Crippen molar-refractivity contribution in [3.8, 4) is 0 Å². The Morgan fingerprint density at radius 3 is 2.44 bits per heavy atom. The predicted molar refractivity (Wildman–Crippen MR) is 61.0 cm³/mol. The van der Waals surface area contributed by atoms with Crippen molar-refractivity contribution in [1.29, 1.82) is 0 Å². The van der Waals surface area contributed by atoms with E-state index in [0.717, 1.165) is 5.56 Å². The van der Waals surface area contributed by atoms with Gasteiger partial charge >= 0.3 is 5.69 Å². The zero-order chi connectivity index (χ0) is 11.7. The maximum atomic E-state index is 11.7. The fourth-order valence-electron chi connectivity index (χ4n) is 1.80. The molecule has 6 N–H and O–H groups in total. The first-order valence-electron chi connectivity index (χ1n) is 4.84. The Balaban J connectivity index is 2.98. The molecule has 84 valence electrons. The lowest BCUT2D eigenvalue weighted by Crippen LogP contribution is -2.24. The highest BCUT2D eigenvalue weighted by Crippen LogP contribution is 2.16. The minimum atomic E-state index is -0.527. The Bertz CT molecular complexity index is 641. The van der Waals surface area contributed by atoms with E-state index >= 15 is 0 Å². The molecule has 0 fully saturated rings. The lowest BCUT2D eigenvalue weighted by Gasteiger charge is -2.08. The Hall–Kier alpha value is -1.92. The highest BCUT2D eigenvalue weighted by Gasteiger charge is 2.09. The number of fused-ring (bicyclic) bond motifs is 1. The molecule has 0 saturated carbocycles. The molecule has 1 heterocycles. The van der Waals surface area contributed by atoms with Gasteiger partial charge in [-0.2, -0.15) is 0 Å². The van der Waals surface area contributed by atoms with Crippen LogP contribution in [0.1, 0.15) is 11.1 Å². The topological polar surface area (TPSA) is 118 Å². The average molecular weight is 220 g/mol. The molecule has 16 heavy (non-hydrogen) atoms. The van der Waals surface area contributed by atoms with Gasteiger partial charge in [0.15, 0.2) is 0 Å². The summed E-state index contributed by atoms with van der Waals surface area (Å²) in [5.74, 6) is 0. The standard InChI is InChI=1S/C10H12N4O2/c11-3-5-1-2-7-8(6(5)4-12)9(15)14-10(16)13-7/h1-2H,3-4,11-12H2,(H2,13,14,15,16).